The first kappa shape index (κ1) is 45.6. The average Bonchev–Trinajstić information content (AvgIpc) is 3.03. The van der Waals surface area contributed by atoms with Crippen LogP contribution in [0.4, 0.5) is 0 Å². The maximum Gasteiger partial charge on any atom is 0.342 e. The van der Waals surface area contributed by atoms with Crippen molar-refractivity contribution in [2.75, 3.05) is 33.5 Å². The highest BCUT2D eigenvalue weighted by Gasteiger charge is 2.31. The molecular formula is C39H64N2O9P2. The van der Waals surface area contributed by atoms with Gasteiger partial charge >= 0.3 is 19.5 Å². The second-order valence-electron chi connectivity index (χ2n) is 14.9. The molecular weight excluding hydrogens is 702 g/mol. The summed E-state index contributed by atoms with van der Waals surface area (Å²) in [7, 11) is -2.02. The van der Waals surface area contributed by atoms with Crippen LogP contribution >= 0.6 is 15.8 Å². The number of benzene rings is 2. The van der Waals surface area contributed by atoms with Crippen molar-refractivity contribution in [3.8, 4) is 22.6 Å². The second kappa shape index (κ2) is 20.8. The molecule has 0 aromatic heterocycles. The number of nitrogens with one attached hydrogen (secondary N) is 2. The van der Waals surface area contributed by atoms with E-state index in [1.165, 1.54) is 7.11 Å². The number of rotatable bonds is 21. The highest BCUT2D eigenvalue weighted by molar-refractivity contribution is 7.57. The number of carbonyl (C=O) groups is 2. The van der Waals surface area contributed by atoms with E-state index < -0.39 is 27.8 Å². The minimum atomic E-state index is -3.68. The van der Waals surface area contributed by atoms with E-state index in [2.05, 4.69) is 89.8 Å². The van der Waals surface area contributed by atoms with Gasteiger partial charge in [0.1, 0.15) is 36.8 Å². The molecule has 13 heteroatoms. The predicted octanol–water partition coefficient (Wildman–Crippen LogP) is 9.79. The van der Waals surface area contributed by atoms with E-state index in [0.717, 1.165) is 39.1 Å². The standard InChI is InChI=1S/C39H64N2O9P2/c1-23(2)32-16-30(17-33(24(3)4)37(32)49-51(21-45-14)41-29(13)39(43)48-28(11)12)31-18-34(25(5)6)38(35(19-31)26(7)8)50-52(44,22-46-15)40-20-36(42)47-27(9)10/h16-19,23-29,41H,20-22H2,1-15H3,(H,40,44). The summed E-state index contributed by atoms with van der Waals surface area (Å²) in [5.41, 5.74) is 5.84. The molecule has 2 N–H and O–H groups in total. The lowest BCUT2D eigenvalue weighted by Crippen LogP contribution is -2.35. The summed E-state index contributed by atoms with van der Waals surface area (Å²) in [6.45, 7) is 25.5. The zero-order chi connectivity index (χ0) is 39.5. The molecule has 0 fully saturated rings. The molecule has 0 saturated heterocycles. The maximum atomic E-state index is 14.1. The Hall–Kier alpha value is -2.52. The molecule has 0 spiro atoms. The number of hydrogen-bond acceptors (Lipinski definition) is 10. The molecule has 2 rings (SSSR count). The van der Waals surface area contributed by atoms with Crippen molar-refractivity contribution in [2.45, 2.75) is 132 Å². The van der Waals surface area contributed by atoms with Gasteiger partial charge in [0.2, 0.25) is 0 Å². The van der Waals surface area contributed by atoms with Gasteiger partial charge in [-0.25, -0.2) is 10.2 Å². The Morgan fingerprint density at radius 2 is 1.12 bits per heavy atom. The van der Waals surface area contributed by atoms with Crippen LogP contribution in [0.5, 0.6) is 11.5 Å². The van der Waals surface area contributed by atoms with Crippen LogP contribution in [0.15, 0.2) is 24.3 Å². The molecule has 0 aliphatic rings. The van der Waals surface area contributed by atoms with Gasteiger partial charge < -0.3 is 28.0 Å². The maximum absolute atomic E-state index is 14.1. The summed E-state index contributed by atoms with van der Waals surface area (Å²) in [6, 6.07) is 7.96. The van der Waals surface area contributed by atoms with Crippen LogP contribution in [0.25, 0.3) is 11.1 Å². The average molecular weight is 767 g/mol. The summed E-state index contributed by atoms with van der Waals surface area (Å²) >= 11 is 0. The van der Waals surface area contributed by atoms with Crippen LogP contribution in [0, 0.1) is 0 Å². The molecule has 3 unspecified atom stereocenters. The zero-order valence-corrected chi connectivity index (χ0v) is 35.8. The lowest BCUT2D eigenvalue weighted by atomic mass is 9.86. The van der Waals surface area contributed by atoms with Crippen molar-refractivity contribution < 1.29 is 42.1 Å². The first-order valence-corrected chi connectivity index (χ1v) is 21.5. The fraction of sp³-hybridized carbons (Fsp3) is 0.641. The number of ether oxygens (including phenoxy) is 4. The molecule has 294 valence electrons. The van der Waals surface area contributed by atoms with Gasteiger partial charge in [-0.1, -0.05) is 55.4 Å². The van der Waals surface area contributed by atoms with Crippen molar-refractivity contribution >= 4 is 27.8 Å². The van der Waals surface area contributed by atoms with Crippen molar-refractivity contribution in [1.29, 1.82) is 0 Å². The van der Waals surface area contributed by atoms with Crippen LogP contribution in [0.1, 0.15) is 136 Å². The Kier molecular flexibility index (Phi) is 18.3. The van der Waals surface area contributed by atoms with Gasteiger partial charge in [-0.3, -0.25) is 14.2 Å². The third kappa shape index (κ3) is 13.4. The first-order valence-electron chi connectivity index (χ1n) is 18.2. The second-order valence-corrected chi connectivity index (χ2v) is 18.4. The highest BCUT2D eigenvalue weighted by atomic mass is 31.2. The van der Waals surface area contributed by atoms with Gasteiger partial charge in [0.15, 0.2) is 8.30 Å². The molecule has 3 atom stereocenters. The van der Waals surface area contributed by atoms with Crippen molar-refractivity contribution in [2.24, 2.45) is 0 Å². The minimum Gasteiger partial charge on any atom is -0.462 e. The van der Waals surface area contributed by atoms with E-state index in [1.54, 1.807) is 27.9 Å². The fourth-order valence-electron chi connectivity index (χ4n) is 5.44. The van der Waals surface area contributed by atoms with E-state index in [9.17, 15) is 14.2 Å². The SMILES string of the molecule is COCP(NC(C)C(=O)OC(C)C)Oc1c(C(C)C)cc(-c2cc(C(C)C)c(OP(=O)(COC)NCC(=O)OC(C)C)c(C(C)C)c2)cc1C(C)C. The molecule has 0 aliphatic heterocycles. The predicted molar refractivity (Wildman–Crippen MR) is 211 cm³/mol. The van der Waals surface area contributed by atoms with Crippen LogP contribution in [-0.4, -0.2) is 63.6 Å². The number of hydrogen-bond donors (Lipinski definition) is 2. The zero-order valence-electron chi connectivity index (χ0n) is 34.0. The van der Waals surface area contributed by atoms with Crippen LogP contribution < -0.4 is 19.2 Å². The van der Waals surface area contributed by atoms with Gasteiger partial charge in [-0.2, -0.15) is 0 Å². The van der Waals surface area contributed by atoms with E-state index in [-0.39, 0.29) is 61.1 Å². The summed E-state index contributed by atoms with van der Waals surface area (Å²) in [6.07, 6.45) is -0.471. The first-order chi connectivity index (χ1) is 24.2. The normalized spacial score (nSPS) is 14.3. The van der Waals surface area contributed by atoms with Crippen molar-refractivity contribution in [1.82, 2.24) is 10.2 Å². The van der Waals surface area contributed by atoms with Gasteiger partial charge in [-0.05, 0) is 116 Å². The van der Waals surface area contributed by atoms with Crippen molar-refractivity contribution in [3.05, 3.63) is 46.5 Å². The Labute approximate surface area is 314 Å². The van der Waals surface area contributed by atoms with E-state index in [1.807, 2.05) is 13.8 Å². The molecule has 11 nitrogen and oxygen atoms in total. The molecule has 0 heterocycles. The molecule has 0 saturated carbocycles. The monoisotopic (exact) mass is 766 g/mol. The summed E-state index contributed by atoms with van der Waals surface area (Å²) < 4.78 is 48.8. The topological polar surface area (TPSA) is 131 Å². The summed E-state index contributed by atoms with van der Waals surface area (Å²) in [5, 5.41) is 6.12. The van der Waals surface area contributed by atoms with Crippen molar-refractivity contribution in [3.63, 3.8) is 0 Å². The van der Waals surface area contributed by atoms with E-state index >= 15 is 0 Å². The molecule has 0 amide bonds. The highest BCUT2D eigenvalue weighted by Crippen LogP contribution is 2.50. The molecule has 0 bridgehead atoms. The third-order valence-electron chi connectivity index (χ3n) is 7.97. The quantitative estimate of drug-likeness (QED) is 0.0930. The summed E-state index contributed by atoms with van der Waals surface area (Å²) in [5.74, 6) is 0.682. The number of carbonyl (C=O) groups excluding carboxylic acids is 2. The van der Waals surface area contributed by atoms with Crippen LogP contribution in [-0.2, 0) is 33.1 Å². The smallest absolute Gasteiger partial charge is 0.342 e. The van der Waals surface area contributed by atoms with Gasteiger partial charge in [0.25, 0.3) is 0 Å². The number of esters is 2. The molecule has 0 aliphatic carbocycles. The van der Waals surface area contributed by atoms with Crippen LogP contribution in [0.3, 0.4) is 0 Å². The Bertz CT molecular complexity index is 1470. The lowest BCUT2D eigenvalue weighted by Gasteiger charge is -2.28. The molecule has 2 aromatic carbocycles. The lowest BCUT2D eigenvalue weighted by molar-refractivity contribution is -0.149. The molecule has 52 heavy (non-hydrogen) atoms. The summed E-state index contributed by atoms with van der Waals surface area (Å²) in [4.78, 5) is 25.0. The van der Waals surface area contributed by atoms with E-state index in [4.69, 9.17) is 28.0 Å². The van der Waals surface area contributed by atoms with Gasteiger partial charge in [0, 0.05) is 14.2 Å². The van der Waals surface area contributed by atoms with Gasteiger partial charge in [-0.15, -0.1) is 0 Å². The fourth-order valence-corrected chi connectivity index (χ4v) is 8.25. The largest absolute Gasteiger partial charge is 0.462 e. The Morgan fingerprint density at radius 3 is 1.50 bits per heavy atom. The molecule has 2 aromatic rings. The number of methoxy groups -OCH3 is 2. The Balaban J connectivity index is 2.72. The molecule has 0 radical (unpaired) electrons. The Morgan fingerprint density at radius 1 is 0.673 bits per heavy atom. The minimum absolute atomic E-state index is 0.0131. The van der Waals surface area contributed by atoms with E-state index in [0.29, 0.717) is 5.75 Å². The third-order valence-corrected chi connectivity index (χ3v) is 11.3. The van der Waals surface area contributed by atoms with Crippen LogP contribution in [0.2, 0.25) is 0 Å². The van der Waals surface area contributed by atoms with Gasteiger partial charge in [0.05, 0.1) is 12.2 Å².